The normalized spacial score (nSPS) is 13.8. The van der Waals surface area contributed by atoms with E-state index in [1.165, 1.54) is 99.4 Å². The molecule has 1 heteroatoms. The van der Waals surface area contributed by atoms with Crippen LogP contribution in [0.15, 0.2) is 249 Å². The van der Waals surface area contributed by atoms with Crippen molar-refractivity contribution in [2.75, 3.05) is 4.90 Å². The summed E-state index contributed by atoms with van der Waals surface area (Å²) in [6.45, 7) is 4.74. The van der Waals surface area contributed by atoms with Crippen LogP contribution in [0.2, 0.25) is 0 Å². The standard InChI is InChI=1S/C66H47N/c1-65(2)60-26-14-11-24-56(60)58-40-37-52(43-62(58)65)67(64-28-16-13-23-55(64)48-34-38-54-47(41-48)30-29-45-17-9-10-22-53(45)54)51-35-31-44(32-36-51)46-33-39-59-57-25-12-15-27-61(57)66(63(59)42-46,49-18-5-3-6-19-49)50-20-7-4-8-21-50/h3-43H,1-2H3. The minimum absolute atomic E-state index is 0.139. The van der Waals surface area contributed by atoms with E-state index in [0.717, 1.165) is 17.1 Å². The molecule has 2 aliphatic rings. The number of fused-ring (bicyclic) bond motifs is 9. The number of para-hydroxylation sites is 1. The first-order valence-corrected chi connectivity index (χ1v) is 23.5. The minimum atomic E-state index is -0.457. The van der Waals surface area contributed by atoms with E-state index in [2.05, 4.69) is 267 Å². The van der Waals surface area contributed by atoms with Gasteiger partial charge in [0.15, 0.2) is 0 Å². The molecule has 0 fully saturated rings. The van der Waals surface area contributed by atoms with E-state index in [1.54, 1.807) is 0 Å². The minimum Gasteiger partial charge on any atom is -0.310 e. The fourth-order valence-electron chi connectivity index (χ4n) is 11.8. The molecule has 0 amide bonds. The van der Waals surface area contributed by atoms with Crippen LogP contribution in [0, 0.1) is 0 Å². The van der Waals surface area contributed by atoms with E-state index >= 15 is 0 Å². The summed E-state index contributed by atoms with van der Waals surface area (Å²) in [4.78, 5) is 2.47. The summed E-state index contributed by atoms with van der Waals surface area (Å²) in [5.74, 6) is 0. The molecule has 0 heterocycles. The SMILES string of the molecule is CC1(C)c2ccccc2-c2ccc(N(c3ccc(-c4ccc5c(c4)C(c4ccccc4)(c4ccccc4)c4ccccc4-5)cc3)c3ccccc3-c3ccc4c(ccc5ccccc54)c3)cc21. The van der Waals surface area contributed by atoms with Crippen LogP contribution in [-0.4, -0.2) is 0 Å². The van der Waals surface area contributed by atoms with Crippen molar-refractivity contribution in [2.24, 2.45) is 0 Å². The second-order valence-corrected chi connectivity index (χ2v) is 18.8. The van der Waals surface area contributed by atoms with Gasteiger partial charge in [0.05, 0.1) is 11.1 Å². The molecule has 0 bridgehead atoms. The molecule has 0 aliphatic heterocycles. The molecule has 0 radical (unpaired) electrons. The van der Waals surface area contributed by atoms with Gasteiger partial charge in [-0.15, -0.1) is 0 Å². The Kier molecular flexibility index (Phi) is 8.85. The molecule has 0 saturated heterocycles. The Bertz CT molecular complexity index is 3670. The summed E-state index contributed by atoms with van der Waals surface area (Å²) in [5.41, 5.74) is 20.7. The third-order valence-corrected chi connectivity index (χ3v) is 14.9. The molecule has 0 atom stereocenters. The van der Waals surface area contributed by atoms with Crippen molar-refractivity contribution in [3.8, 4) is 44.5 Å². The van der Waals surface area contributed by atoms with Gasteiger partial charge in [-0.25, -0.2) is 0 Å². The molecular weight excluding hydrogens is 807 g/mol. The fourth-order valence-corrected chi connectivity index (χ4v) is 11.8. The molecule has 1 nitrogen and oxygen atoms in total. The van der Waals surface area contributed by atoms with Crippen LogP contribution in [0.3, 0.4) is 0 Å². The second kappa shape index (κ2) is 15.2. The average molecular weight is 854 g/mol. The molecular formula is C66H47N. The van der Waals surface area contributed by atoms with Crippen LogP contribution >= 0.6 is 0 Å². The lowest BCUT2D eigenvalue weighted by Crippen LogP contribution is -2.28. The summed E-state index contributed by atoms with van der Waals surface area (Å²) >= 11 is 0. The van der Waals surface area contributed by atoms with Crippen molar-refractivity contribution in [2.45, 2.75) is 24.7 Å². The second-order valence-electron chi connectivity index (χ2n) is 18.8. The Morgan fingerprint density at radius 1 is 0.299 bits per heavy atom. The number of rotatable bonds is 7. The highest BCUT2D eigenvalue weighted by molar-refractivity contribution is 6.09. The quantitative estimate of drug-likeness (QED) is 0.144. The molecule has 0 spiro atoms. The van der Waals surface area contributed by atoms with Crippen molar-refractivity contribution in [3.63, 3.8) is 0 Å². The Morgan fingerprint density at radius 3 is 1.58 bits per heavy atom. The zero-order chi connectivity index (χ0) is 44.7. The smallest absolute Gasteiger partial charge is 0.0713 e. The van der Waals surface area contributed by atoms with Gasteiger partial charge in [-0.2, -0.15) is 0 Å². The predicted octanol–water partition coefficient (Wildman–Crippen LogP) is 17.5. The van der Waals surface area contributed by atoms with Crippen LogP contribution in [0.25, 0.3) is 66.1 Å². The Morgan fingerprint density at radius 2 is 0.821 bits per heavy atom. The predicted molar refractivity (Wildman–Crippen MR) is 282 cm³/mol. The van der Waals surface area contributed by atoms with E-state index in [1.807, 2.05) is 0 Å². The van der Waals surface area contributed by atoms with Crippen molar-refractivity contribution < 1.29 is 0 Å². The molecule has 11 aromatic carbocycles. The number of anilines is 3. The van der Waals surface area contributed by atoms with Crippen LogP contribution < -0.4 is 4.90 Å². The van der Waals surface area contributed by atoms with Gasteiger partial charge in [0.1, 0.15) is 0 Å². The average Bonchev–Trinajstić information content (AvgIpc) is 3.82. The van der Waals surface area contributed by atoms with Crippen LogP contribution in [0.5, 0.6) is 0 Å². The van der Waals surface area contributed by atoms with Gasteiger partial charge in [0, 0.05) is 22.4 Å². The maximum absolute atomic E-state index is 2.47. The van der Waals surface area contributed by atoms with Crippen molar-refractivity contribution in [1.29, 1.82) is 0 Å². The third-order valence-electron chi connectivity index (χ3n) is 14.9. The van der Waals surface area contributed by atoms with Crippen LogP contribution in [0.1, 0.15) is 47.2 Å². The highest BCUT2D eigenvalue weighted by Crippen LogP contribution is 2.57. The molecule has 67 heavy (non-hydrogen) atoms. The highest BCUT2D eigenvalue weighted by Gasteiger charge is 2.46. The van der Waals surface area contributed by atoms with Gasteiger partial charge in [-0.05, 0) is 136 Å². The van der Waals surface area contributed by atoms with Gasteiger partial charge in [-0.3, -0.25) is 0 Å². The highest BCUT2D eigenvalue weighted by atomic mass is 15.1. The number of hydrogen-bond donors (Lipinski definition) is 0. The van der Waals surface area contributed by atoms with Gasteiger partial charge < -0.3 is 4.90 Å². The summed E-state index contributed by atoms with van der Waals surface area (Å²) in [7, 11) is 0. The van der Waals surface area contributed by atoms with E-state index < -0.39 is 5.41 Å². The third kappa shape index (κ3) is 5.94. The summed E-state index contributed by atoms with van der Waals surface area (Å²) in [6, 6.07) is 92.6. The maximum Gasteiger partial charge on any atom is 0.0713 e. The Balaban J connectivity index is 0.966. The first kappa shape index (κ1) is 39.1. The van der Waals surface area contributed by atoms with Gasteiger partial charge >= 0.3 is 0 Å². The zero-order valence-corrected chi connectivity index (χ0v) is 37.6. The molecule has 316 valence electrons. The van der Waals surface area contributed by atoms with Crippen molar-refractivity contribution >= 4 is 38.6 Å². The lowest BCUT2D eigenvalue weighted by molar-refractivity contribution is 0.660. The van der Waals surface area contributed by atoms with Gasteiger partial charge in [0.25, 0.3) is 0 Å². The lowest BCUT2D eigenvalue weighted by atomic mass is 9.67. The largest absolute Gasteiger partial charge is 0.310 e. The van der Waals surface area contributed by atoms with Gasteiger partial charge in [0.2, 0.25) is 0 Å². The number of hydrogen-bond acceptors (Lipinski definition) is 1. The molecule has 0 unspecified atom stereocenters. The van der Waals surface area contributed by atoms with Crippen LogP contribution in [0.4, 0.5) is 17.1 Å². The van der Waals surface area contributed by atoms with Crippen molar-refractivity contribution in [1.82, 2.24) is 0 Å². The molecule has 0 saturated carbocycles. The molecule has 11 aromatic rings. The first-order chi connectivity index (χ1) is 33.0. The van der Waals surface area contributed by atoms with Crippen LogP contribution in [-0.2, 0) is 10.8 Å². The first-order valence-electron chi connectivity index (χ1n) is 23.5. The van der Waals surface area contributed by atoms with E-state index in [9.17, 15) is 0 Å². The van der Waals surface area contributed by atoms with E-state index in [4.69, 9.17) is 0 Å². The molecule has 13 rings (SSSR count). The molecule has 2 aliphatic carbocycles. The number of benzene rings is 11. The molecule has 0 aromatic heterocycles. The summed E-state index contributed by atoms with van der Waals surface area (Å²) in [6.07, 6.45) is 0. The molecule has 0 N–H and O–H groups in total. The maximum atomic E-state index is 2.47. The topological polar surface area (TPSA) is 3.24 Å². The van der Waals surface area contributed by atoms with E-state index in [-0.39, 0.29) is 5.41 Å². The summed E-state index contributed by atoms with van der Waals surface area (Å²) in [5, 5.41) is 5.05. The van der Waals surface area contributed by atoms with Gasteiger partial charge in [-0.1, -0.05) is 220 Å². The number of nitrogens with zero attached hydrogens (tertiary/aromatic N) is 1. The monoisotopic (exact) mass is 853 g/mol. The van der Waals surface area contributed by atoms with Crippen molar-refractivity contribution in [3.05, 3.63) is 282 Å². The Labute approximate surface area is 392 Å². The Hall–Kier alpha value is -8.26. The lowest BCUT2D eigenvalue weighted by Gasteiger charge is -2.34. The zero-order valence-electron chi connectivity index (χ0n) is 37.6. The van der Waals surface area contributed by atoms with E-state index in [0.29, 0.717) is 0 Å². The fraction of sp³-hybridized carbons (Fsp3) is 0.0606. The summed E-state index contributed by atoms with van der Waals surface area (Å²) < 4.78 is 0.